The molecule has 1 aromatic carbocycles. The van der Waals surface area contributed by atoms with Crippen LogP contribution in [0.15, 0.2) is 29.4 Å². The van der Waals surface area contributed by atoms with E-state index in [0.717, 1.165) is 12.0 Å². The van der Waals surface area contributed by atoms with Crippen molar-refractivity contribution in [1.82, 2.24) is 0 Å². The highest BCUT2D eigenvalue weighted by molar-refractivity contribution is 5.99. The number of amides is 1. The van der Waals surface area contributed by atoms with E-state index in [9.17, 15) is 4.79 Å². The minimum absolute atomic E-state index is 0.106. The maximum absolute atomic E-state index is 12.0. The first-order chi connectivity index (χ1) is 9.11. The van der Waals surface area contributed by atoms with E-state index in [1.165, 1.54) is 0 Å². The van der Waals surface area contributed by atoms with Crippen LogP contribution in [0.5, 0.6) is 0 Å². The molecule has 19 heavy (non-hydrogen) atoms. The molecule has 1 aliphatic heterocycles. The van der Waals surface area contributed by atoms with Gasteiger partial charge in [0.05, 0.1) is 5.71 Å². The number of anilines is 1. The molecule has 0 radical (unpaired) electrons. The van der Waals surface area contributed by atoms with Crippen LogP contribution in [0.2, 0.25) is 0 Å². The Morgan fingerprint density at radius 3 is 2.63 bits per heavy atom. The zero-order chi connectivity index (χ0) is 13.8. The number of ether oxygens (including phenoxy) is 1. The highest BCUT2D eigenvalue weighted by Gasteiger charge is 2.30. The van der Waals surface area contributed by atoms with Crippen molar-refractivity contribution in [2.45, 2.75) is 26.4 Å². The third kappa shape index (κ3) is 3.12. The van der Waals surface area contributed by atoms with E-state index in [2.05, 4.69) is 10.5 Å². The fourth-order valence-corrected chi connectivity index (χ4v) is 2.10. The lowest BCUT2D eigenvalue weighted by atomic mass is 10.0. The molecule has 0 spiro atoms. The molecular weight excluding hydrogens is 244 g/mol. The normalized spacial score (nSPS) is 23.4. The molecule has 0 bridgehead atoms. The molecule has 5 nitrogen and oxygen atoms in total. The molecule has 0 saturated carbocycles. The van der Waals surface area contributed by atoms with Gasteiger partial charge < -0.3 is 15.3 Å². The van der Waals surface area contributed by atoms with Crippen molar-refractivity contribution in [1.29, 1.82) is 0 Å². The number of hydrogen-bond acceptors (Lipinski definition) is 4. The summed E-state index contributed by atoms with van der Waals surface area (Å²) in [6.07, 6.45) is 0.559. The van der Waals surface area contributed by atoms with E-state index in [-0.39, 0.29) is 17.9 Å². The molecule has 0 aliphatic carbocycles. The van der Waals surface area contributed by atoms with E-state index in [1.807, 2.05) is 6.92 Å². The fourth-order valence-electron chi connectivity index (χ4n) is 2.10. The number of carbonyl (C=O) groups is 1. The van der Waals surface area contributed by atoms with Crippen LogP contribution in [0.25, 0.3) is 0 Å². The third-order valence-corrected chi connectivity index (χ3v) is 3.37. The maximum atomic E-state index is 12.0. The van der Waals surface area contributed by atoms with Gasteiger partial charge in [-0.2, -0.15) is 0 Å². The van der Waals surface area contributed by atoms with Crippen LogP contribution in [-0.4, -0.2) is 29.5 Å². The highest BCUT2D eigenvalue weighted by atomic mass is 16.5. The smallest absolute Gasteiger partial charge is 0.253 e. The Bertz CT molecular complexity index is 482. The molecule has 5 heteroatoms. The van der Waals surface area contributed by atoms with Gasteiger partial charge in [-0.25, -0.2) is 0 Å². The Hall–Kier alpha value is -1.88. The summed E-state index contributed by atoms with van der Waals surface area (Å²) in [5, 5.41) is 14.6. The molecule has 2 atom stereocenters. The van der Waals surface area contributed by atoms with E-state index in [4.69, 9.17) is 9.94 Å². The summed E-state index contributed by atoms with van der Waals surface area (Å²) in [7, 11) is 0. The van der Waals surface area contributed by atoms with Crippen molar-refractivity contribution in [2.24, 2.45) is 11.1 Å². The van der Waals surface area contributed by atoms with Crippen LogP contribution in [0, 0.1) is 5.92 Å². The predicted octanol–water partition coefficient (Wildman–Crippen LogP) is 2.25. The molecule has 1 saturated heterocycles. The second kappa shape index (κ2) is 5.84. The summed E-state index contributed by atoms with van der Waals surface area (Å²) in [6, 6.07) is 7.15. The summed E-state index contributed by atoms with van der Waals surface area (Å²) >= 11 is 0. The van der Waals surface area contributed by atoms with E-state index < -0.39 is 0 Å². The summed E-state index contributed by atoms with van der Waals surface area (Å²) in [5.74, 6) is 0.147. The van der Waals surface area contributed by atoms with Gasteiger partial charge in [0, 0.05) is 12.3 Å². The monoisotopic (exact) mass is 262 g/mol. The Kier molecular flexibility index (Phi) is 4.16. The quantitative estimate of drug-likeness (QED) is 0.498. The van der Waals surface area contributed by atoms with Crippen LogP contribution in [-0.2, 0) is 9.53 Å². The average Bonchev–Trinajstić information content (AvgIpc) is 2.85. The molecule has 1 amide bonds. The molecule has 2 unspecified atom stereocenters. The van der Waals surface area contributed by atoms with Crippen LogP contribution in [0.1, 0.15) is 25.8 Å². The molecule has 2 N–H and O–H groups in total. The number of benzene rings is 1. The zero-order valence-electron chi connectivity index (χ0n) is 11.1. The number of nitrogens with zero attached hydrogens (tertiary/aromatic N) is 1. The first-order valence-electron chi connectivity index (χ1n) is 6.33. The summed E-state index contributed by atoms with van der Waals surface area (Å²) in [6.45, 7) is 4.37. The summed E-state index contributed by atoms with van der Waals surface area (Å²) in [4.78, 5) is 12.0. The zero-order valence-corrected chi connectivity index (χ0v) is 11.1. The van der Waals surface area contributed by atoms with Crippen molar-refractivity contribution in [3.05, 3.63) is 29.8 Å². The fraction of sp³-hybridized carbons (Fsp3) is 0.429. The Morgan fingerprint density at radius 1 is 1.42 bits per heavy atom. The van der Waals surface area contributed by atoms with E-state index in [1.54, 1.807) is 31.2 Å². The first-order valence-corrected chi connectivity index (χ1v) is 6.33. The summed E-state index contributed by atoms with van der Waals surface area (Å²) in [5.41, 5.74) is 2.05. The average molecular weight is 262 g/mol. The van der Waals surface area contributed by atoms with E-state index in [0.29, 0.717) is 18.0 Å². The van der Waals surface area contributed by atoms with Gasteiger partial charge in [0.25, 0.3) is 5.91 Å². The first kappa shape index (κ1) is 13.5. The summed E-state index contributed by atoms with van der Waals surface area (Å²) < 4.78 is 5.41. The Labute approximate surface area is 112 Å². The van der Waals surface area contributed by atoms with Crippen molar-refractivity contribution in [3.63, 3.8) is 0 Å². The number of oxime groups is 1. The van der Waals surface area contributed by atoms with Gasteiger partial charge in [-0.15, -0.1) is 0 Å². The second-order valence-corrected chi connectivity index (χ2v) is 4.81. The SMILES string of the molecule is C/C(=N\O)c1ccc(NC(=O)C2OCCC2C)cc1. The van der Waals surface area contributed by atoms with Gasteiger partial charge in [0.15, 0.2) is 0 Å². The minimum atomic E-state index is -0.361. The van der Waals surface area contributed by atoms with Crippen LogP contribution in [0.3, 0.4) is 0 Å². The maximum Gasteiger partial charge on any atom is 0.253 e. The van der Waals surface area contributed by atoms with Gasteiger partial charge in [0.1, 0.15) is 6.10 Å². The largest absolute Gasteiger partial charge is 0.411 e. The van der Waals surface area contributed by atoms with Crippen molar-refractivity contribution in [3.8, 4) is 0 Å². The third-order valence-electron chi connectivity index (χ3n) is 3.37. The number of nitrogens with one attached hydrogen (secondary N) is 1. The number of hydrogen-bond donors (Lipinski definition) is 2. The molecule has 102 valence electrons. The lowest BCUT2D eigenvalue weighted by molar-refractivity contribution is -0.126. The van der Waals surface area contributed by atoms with Crippen LogP contribution in [0.4, 0.5) is 5.69 Å². The lowest BCUT2D eigenvalue weighted by Crippen LogP contribution is -2.31. The van der Waals surface area contributed by atoms with Gasteiger partial charge in [-0.1, -0.05) is 24.2 Å². The Balaban J connectivity index is 2.01. The van der Waals surface area contributed by atoms with E-state index >= 15 is 0 Å². The van der Waals surface area contributed by atoms with Crippen molar-refractivity contribution in [2.75, 3.05) is 11.9 Å². The predicted molar refractivity (Wildman–Crippen MR) is 72.6 cm³/mol. The van der Waals surface area contributed by atoms with Gasteiger partial charge in [-0.3, -0.25) is 4.79 Å². The molecule has 0 aromatic heterocycles. The topological polar surface area (TPSA) is 70.9 Å². The highest BCUT2D eigenvalue weighted by Crippen LogP contribution is 2.21. The molecule has 1 heterocycles. The van der Waals surface area contributed by atoms with Crippen LogP contribution >= 0.6 is 0 Å². The molecule has 2 rings (SSSR count). The molecule has 1 fully saturated rings. The standard InChI is InChI=1S/C14H18N2O3/c1-9-7-8-19-13(9)14(17)15-12-5-3-11(4-6-12)10(2)16-18/h3-6,9,13,18H,7-8H2,1-2H3,(H,15,17)/b16-10+. The Morgan fingerprint density at radius 2 is 2.11 bits per heavy atom. The number of rotatable bonds is 3. The van der Waals surface area contributed by atoms with Crippen LogP contribution < -0.4 is 5.32 Å². The minimum Gasteiger partial charge on any atom is -0.411 e. The lowest BCUT2D eigenvalue weighted by Gasteiger charge is -2.14. The molecular formula is C14H18N2O3. The van der Waals surface area contributed by atoms with Gasteiger partial charge >= 0.3 is 0 Å². The molecule has 1 aliphatic rings. The van der Waals surface area contributed by atoms with Crippen molar-refractivity contribution < 1.29 is 14.7 Å². The van der Waals surface area contributed by atoms with Crippen molar-refractivity contribution >= 4 is 17.3 Å². The van der Waals surface area contributed by atoms with Gasteiger partial charge in [0.2, 0.25) is 0 Å². The second-order valence-electron chi connectivity index (χ2n) is 4.81. The number of carbonyl (C=O) groups excluding carboxylic acids is 1. The van der Waals surface area contributed by atoms with Gasteiger partial charge in [-0.05, 0) is 37.0 Å². The molecule has 1 aromatic rings.